The van der Waals surface area contributed by atoms with E-state index >= 15 is 0 Å². The van der Waals surface area contributed by atoms with Crippen LogP contribution in [0.3, 0.4) is 0 Å². The SMILES string of the molecule is CCCCCCn1c(C(C)Cl)nc2cccnc21. The molecule has 0 spiro atoms. The zero-order valence-electron chi connectivity index (χ0n) is 11.1. The van der Waals surface area contributed by atoms with Crippen LogP contribution < -0.4 is 0 Å². The molecule has 0 amide bonds. The van der Waals surface area contributed by atoms with Crippen molar-refractivity contribution >= 4 is 22.8 Å². The third kappa shape index (κ3) is 2.83. The summed E-state index contributed by atoms with van der Waals surface area (Å²) in [6, 6.07) is 3.91. The zero-order chi connectivity index (χ0) is 13.0. The van der Waals surface area contributed by atoms with Gasteiger partial charge in [-0.3, -0.25) is 0 Å². The number of imidazole rings is 1. The molecule has 0 saturated carbocycles. The predicted octanol–water partition coefficient (Wildman–Crippen LogP) is 4.31. The van der Waals surface area contributed by atoms with Gasteiger partial charge in [0.05, 0.1) is 5.38 Å². The lowest BCUT2D eigenvalue weighted by molar-refractivity contribution is 0.572. The predicted molar refractivity (Wildman–Crippen MR) is 75.9 cm³/mol. The van der Waals surface area contributed by atoms with Crippen molar-refractivity contribution in [3.63, 3.8) is 0 Å². The van der Waals surface area contributed by atoms with Crippen LogP contribution in [0, 0.1) is 0 Å². The summed E-state index contributed by atoms with van der Waals surface area (Å²) in [6.07, 6.45) is 6.76. The molecule has 0 fully saturated rings. The van der Waals surface area contributed by atoms with Crippen LogP contribution in [0.15, 0.2) is 18.3 Å². The number of pyridine rings is 1. The smallest absolute Gasteiger partial charge is 0.160 e. The Labute approximate surface area is 113 Å². The summed E-state index contributed by atoms with van der Waals surface area (Å²) < 4.78 is 2.17. The number of alkyl halides is 1. The molecule has 0 aliphatic heterocycles. The molecule has 2 aromatic heterocycles. The minimum absolute atomic E-state index is 0.0784. The van der Waals surface area contributed by atoms with Crippen LogP contribution in [-0.4, -0.2) is 14.5 Å². The van der Waals surface area contributed by atoms with E-state index in [2.05, 4.69) is 21.5 Å². The zero-order valence-corrected chi connectivity index (χ0v) is 11.8. The van der Waals surface area contributed by atoms with Gasteiger partial charge in [0.15, 0.2) is 5.65 Å². The number of halogens is 1. The fourth-order valence-electron chi connectivity index (χ4n) is 2.20. The highest BCUT2D eigenvalue weighted by Crippen LogP contribution is 2.23. The first-order valence-corrected chi connectivity index (χ1v) is 7.13. The molecule has 2 rings (SSSR count). The second-order valence-corrected chi connectivity index (χ2v) is 5.30. The van der Waals surface area contributed by atoms with Crippen molar-refractivity contribution in [2.75, 3.05) is 0 Å². The standard InChI is InChI=1S/C14H20ClN3/c1-3-4-5-6-10-18-13(11(2)15)17-12-8-7-9-16-14(12)18/h7-9,11H,3-6,10H2,1-2H3. The Morgan fingerprint density at radius 1 is 1.33 bits per heavy atom. The van der Waals surface area contributed by atoms with Gasteiger partial charge in [-0.2, -0.15) is 0 Å². The van der Waals surface area contributed by atoms with E-state index in [9.17, 15) is 0 Å². The van der Waals surface area contributed by atoms with Crippen LogP contribution in [0.4, 0.5) is 0 Å². The Morgan fingerprint density at radius 2 is 2.17 bits per heavy atom. The molecule has 2 aromatic rings. The number of aryl methyl sites for hydroxylation is 1. The third-order valence-electron chi connectivity index (χ3n) is 3.12. The van der Waals surface area contributed by atoms with Crippen molar-refractivity contribution in [1.29, 1.82) is 0 Å². The lowest BCUT2D eigenvalue weighted by Crippen LogP contribution is -2.05. The molecule has 0 aliphatic rings. The summed E-state index contributed by atoms with van der Waals surface area (Å²) in [4.78, 5) is 9.00. The fourth-order valence-corrected chi connectivity index (χ4v) is 2.36. The minimum Gasteiger partial charge on any atom is -0.311 e. The van der Waals surface area contributed by atoms with Gasteiger partial charge in [0.2, 0.25) is 0 Å². The van der Waals surface area contributed by atoms with Gasteiger partial charge in [-0.25, -0.2) is 9.97 Å². The van der Waals surface area contributed by atoms with Gasteiger partial charge in [-0.1, -0.05) is 26.2 Å². The molecule has 0 N–H and O–H groups in total. The first-order valence-electron chi connectivity index (χ1n) is 6.69. The number of nitrogens with zero attached hydrogens (tertiary/aromatic N) is 3. The lowest BCUT2D eigenvalue weighted by atomic mass is 10.2. The number of hydrogen-bond acceptors (Lipinski definition) is 2. The topological polar surface area (TPSA) is 30.7 Å². The summed E-state index contributed by atoms with van der Waals surface area (Å²) >= 11 is 6.21. The molecule has 0 aromatic carbocycles. The maximum atomic E-state index is 6.21. The molecule has 4 heteroatoms. The summed E-state index contributed by atoms with van der Waals surface area (Å²) in [6.45, 7) is 5.14. The number of hydrogen-bond donors (Lipinski definition) is 0. The number of unbranched alkanes of at least 4 members (excludes halogenated alkanes) is 3. The van der Waals surface area contributed by atoms with Crippen LogP contribution in [0.2, 0.25) is 0 Å². The monoisotopic (exact) mass is 265 g/mol. The molecule has 98 valence electrons. The molecule has 18 heavy (non-hydrogen) atoms. The lowest BCUT2D eigenvalue weighted by Gasteiger charge is -2.09. The molecule has 0 saturated heterocycles. The van der Waals surface area contributed by atoms with Crippen molar-refractivity contribution in [1.82, 2.24) is 14.5 Å². The molecular formula is C14H20ClN3. The van der Waals surface area contributed by atoms with Gasteiger partial charge >= 0.3 is 0 Å². The van der Waals surface area contributed by atoms with E-state index < -0.39 is 0 Å². The Bertz CT molecular complexity index is 505. The van der Waals surface area contributed by atoms with Crippen LogP contribution in [-0.2, 0) is 6.54 Å². The van der Waals surface area contributed by atoms with Gasteiger partial charge in [-0.15, -0.1) is 11.6 Å². The second kappa shape index (κ2) is 6.19. The van der Waals surface area contributed by atoms with Crippen molar-refractivity contribution in [3.8, 4) is 0 Å². The van der Waals surface area contributed by atoms with E-state index in [-0.39, 0.29) is 5.38 Å². The van der Waals surface area contributed by atoms with E-state index in [0.717, 1.165) is 30.0 Å². The second-order valence-electron chi connectivity index (χ2n) is 4.64. The molecule has 2 heterocycles. The number of aromatic nitrogens is 3. The molecule has 0 bridgehead atoms. The van der Waals surface area contributed by atoms with Gasteiger partial charge in [0.25, 0.3) is 0 Å². The molecule has 1 atom stereocenters. The summed E-state index contributed by atoms with van der Waals surface area (Å²) in [5.41, 5.74) is 1.90. The van der Waals surface area contributed by atoms with Crippen LogP contribution in [0.1, 0.15) is 50.7 Å². The van der Waals surface area contributed by atoms with Gasteiger partial charge in [0, 0.05) is 12.7 Å². The fraction of sp³-hybridized carbons (Fsp3) is 0.571. The minimum atomic E-state index is -0.0784. The normalized spacial score (nSPS) is 13.1. The van der Waals surface area contributed by atoms with Crippen molar-refractivity contribution in [2.24, 2.45) is 0 Å². The van der Waals surface area contributed by atoms with Crippen LogP contribution in [0.25, 0.3) is 11.2 Å². The van der Waals surface area contributed by atoms with E-state index in [1.165, 1.54) is 19.3 Å². The van der Waals surface area contributed by atoms with Crippen molar-refractivity contribution in [2.45, 2.75) is 51.5 Å². The first kappa shape index (κ1) is 13.3. The van der Waals surface area contributed by atoms with E-state index in [0.29, 0.717) is 0 Å². The van der Waals surface area contributed by atoms with Crippen LogP contribution >= 0.6 is 11.6 Å². The Hall–Kier alpha value is -1.09. The largest absolute Gasteiger partial charge is 0.311 e. The average molecular weight is 266 g/mol. The number of rotatable bonds is 6. The highest BCUT2D eigenvalue weighted by atomic mass is 35.5. The Balaban J connectivity index is 2.24. The Morgan fingerprint density at radius 3 is 2.89 bits per heavy atom. The molecule has 0 aliphatic carbocycles. The molecule has 3 nitrogen and oxygen atoms in total. The maximum Gasteiger partial charge on any atom is 0.160 e. The van der Waals surface area contributed by atoms with E-state index in [4.69, 9.17) is 11.6 Å². The molecule has 1 unspecified atom stereocenters. The highest BCUT2D eigenvalue weighted by Gasteiger charge is 2.14. The van der Waals surface area contributed by atoms with Crippen LogP contribution in [0.5, 0.6) is 0 Å². The third-order valence-corrected chi connectivity index (χ3v) is 3.32. The van der Waals surface area contributed by atoms with E-state index in [1.54, 1.807) is 0 Å². The van der Waals surface area contributed by atoms with Gasteiger partial charge in [0.1, 0.15) is 11.3 Å². The summed E-state index contributed by atoms with van der Waals surface area (Å²) in [5.74, 6) is 0.932. The maximum absolute atomic E-state index is 6.21. The molecule has 0 radical (unpaired) electrons. The van der Waals surface area contributed by atoms with Gasteiger partial charge < -0.3 is 4.57 Å². The molecular weight excluding hydrogens is 246 g/mol. The number of fused-ring (bicyclic) bond motifs is 1. The highest BCUT2D eigenvalue weighted by molar-refractivity contribution is 6.20. The first-order chi connectivity index (χ1) is 8.74. The van der Waals surface area contributed by atoms with E-state index in [1.807, 2.05) is 25.3 Å². The average Bonchev–Trinajstić information content (AvgIpc) is 2.74. The van der Waals surface area contributed by atoms with Gasteiger partial charge in [-0.05, 0) is 25.5 Å². The van der Waals surface area contributed by atoms with Crippen molar-refractivity contribution in [3.05, 3.63) is 24.2 Å². The quantitative estimate of drug-likeness (QED) is 0.576. The summed E-state index contributed by atoms with van der Waals surface area (Å²) in [5, 5.41) is -0.0784. The van der Waals surface area contributed by atoms with Crippen molar-refractivity contribution < 1.29 is 0 Å². The Kier molecular flexibility index (Phi) is 4.59. The summed E-state index contributed by atoms with van der Waals surface area (Å²) in [7, 11) is 0.